The third kappa shape index (κ3) is 3.87. The number of nitrogens with zero attached hydrogens (tertiary/aromatic N) is 4. The first-order valence-corrected chi connectivity index (χ1v) is 8.45. The van der Waals surface area contributed by atoms with Crippen LogP contribution in [0.15, 0.2) is 34.9 Å². The Balaban J connectivity index is 1.69. The second-order valence-corrected chi connectivity index (χ2v) is 6.36. The second-order valence-electron chi connectivity index (χ2n) is 6.36. The lowest BCUT2D eigenvalue weighted by Gasteiger charge is -2.22. The van der Waals surface area contributed by atoms with Crippen LogP contribution in [0.5, 0.6) is 0 Å². The van der Waals surface area contributed by atoms with Crippen molar-refractivity contribution >= 4 is 11.8 Å². The van der Waals surface area contributed by atoms with E-state index in [4.69, 9.17) is 4.52 Å². The van der Waals surface area contributed by atoms with Crippen LogP contribution in [0.2, 0.25) is 0 Å². The summed E-state index contributed by atoms with van der Waals surface area (Å²) in [5, 5.41) is 4.04. The summed E-state index contributed by atoms with van der Waals surface area (Å²) in [6.45, 7) is 0.682. The largest absolute Gasteiger partial charge is 0.349 e. The number of hydrogen-bond acceptors (Lipinski definition) is 5. The number of hydrogen-bond donors (Lipinski definition) is 0. The van der Waals surface area contributed by atoms with Gasteiger partial charge in [-0.1, -0.05) is 23.4 Å². The van der Waals surface area contributed by atoms with Gasteiger partial charge in [0.15, 0.2) is 5.82 Å². The van der Waals surface area contributed by atoms with E-state index in [1.165, 1.54) is 4.90 Å². The zero-order valence-corrected chi connectivity index (χ0v) is 14.5. The van der Waals surface area contributed by atoms with Gasteiger partial charge in [0.2, 0.25) is 11.8 Å². The van der Waals surface area contributed by atoms with Gasteiger partial charge in [-0.05, 0) is 25.0 Å². The van der Waals surface area contributed by atoms with E-state index < -0.39 is 0 Å². The Kier molecular flexibility index (Phi) is 5.11. The van der Waals surface area contributed by atoms with E-state index in [-0.39, 0.29) is 17.9 Å². The fraction of sp³-hybridized carbons (Fsp3) is 0.444. The Morgan fingerprint density at radius 3 is 2.76 bits per heavy atom. The summed E-state index contributed by atoms with van der Waals surface area (Å²) in [7, 11) is 3.43. The molecule has 0 bridgehead atoms. The average molecular weight is 342 g/mol. The molecule has 0 saturated carbocycles. The van der Waals surface area contributed by atoms with E-state index in [2.05, 4.69) is 10.1 Å². The van der Waals surface area contributed by atoms with Crippen LogP contribution in [0.3, 0.4) is 0 Å². The number of aromatic nitrogens is 2. The van der Waals surface area contributed by atoms with Crippen LogP contribution in [-0.4, -0.2) is 52.4 Å². The molecular formula is C18H22N4O3. The minimum Gasteiger partial charge on any atom is -0.349 e. The summed E-state index contributed by atoms with van der Waals surface area (Å²) in [5.74, 6) is 0.956. The summed E-state index contributed by atoms with van der Waals surface area (Å²) < 4.78 is 5.27. The van der Waals surface area contributed by atoms with Crippen LogP contribution in [0.4, 0.5) is 0 Å². The number of carbonyl (C=O) groups is 2. The van der Waals surface area contributed by atoms with Gasteiger partial charge < -0.3 is 14.3 Å². The zero-order valence-electron chi connectivity index (χ0n) is 14.5. The molecule has 1 aliphatic rings. The lowest BCUT2D eigenvalue weighted by molar-refractivity contribution is -0.128. The van der Waals surface area contributed by atoms with Gasteiger partial charge in [0.25, 0.3) is 5.91 Å². The fourth-order valence-corrected chi connectivity index (χ4v) is 2.97. The minimum atomic E-state index is -0.172. The van der Waals surface area contributed by atoms with E-state index >= 15 is 0 Å². The molecule has 0 radical (unpaired) electrons. The quantitative estimate of drug-likeness (QED) is 0.831. The third-order valence-corrected chi connectivity index (χ3v) is 4.37. The number of amides is 2. The average Bonchev–Trinajstić information content (AvgIpc) is 3.28. The van der Waals surface area contributed by atoms with Crippen molar-refractivity contribution in [3.8, 4) is 0 Å². The van der Waals surface area contributed by atoms with Crippen LogP contribution >= 0.6 is 0 Å². The second kappa shape index (κ2) is 7.46. The highest BCUT2D eigenvalue weighted by molar-refractivity contribution is 5.94. The number of carbonyl (C=O) groups excluding carboxylic acids is 2. The van der Waals surface area contributed by atoms with Crippen molar-refractivity contribution in [2.45, 2.75) is 31.7 Å². The maximum absolute atomic E-state index is 12.7. The van der Waals surface area contributed by atoms with Gasteiger partial charge >= 0.3 is 0 Å². The van der Waals surface area contributed by atoms with Gasteiger partial charge in [-0.25, -0.2) is 0 Å². The van der Waals surface area contributed by atoms with Crippen LogP contribution in [0, 0.1) is 0 Å². The highest BCUT2D eigenvalue weighted by Crippen LogP contribution is 2.31. The normalized spacial score (nSPS) is 16.9. The van der Waals surface area contributed by atoms with Crippen LogP contribution in [0.25, 0.3) is 0 Å². The minimum absolute atomic E-state index is 0.0153. The molecule has 1 aromatic heterocycles. The van der Waals surface area contributed by atoms with Gasteiger partial charge in [-0.3, -0.25) is 9.59 Å². The maximum atomic E-state index is 12.7. The summed E-state index contributed by atoms with van der Waals surface area (Å²) in [4.78, 5) is 32.1. The molecule has 0 aliphatic carbocycles. The van der Waals surface area contributed by atoms with Crippen molar-refractivity contribution in [2.75, 3.05) is 20.6 Å². The molecule has 3 rings (SSSR count). The topological polar surface area (TPSA) is 79.5 Å². The Morgan fingerprint density at radius 2 is 2.04 bits per heavy atom. The van der Waals surface area contributed by atoms with E-state index in [9.17, 15) is 9.59 Å². The molecule has 1 unspecified atom stereocenters. The Labute approximate surface area is 146 Å². The molecule has 1 aromatic carbocycles. The Hall–Kier alpha value is -2.70. The van der Waals surface area contributed by atoms with Crippen LogP contribution < -0.4 is 0 Å². The lowest BCUT2D eigenvalue weighted by atomic mass is 10.1. The summed E-state index contributed by atoms with van der Waals surface area (Å²) in [5.41, 5.74) is 0.662. The van der Waals surface area contributed by atoms with Crippen molar-refractivity contribution in [2.24, 2.45) is 0 Å². The molecule has 7 heteroatoms. The van der Waals surface area contributed by atoms with E-state index in [0.29, 0.717) is 36.7 Å². The fourth-order valence-electron chi connectivity index (χ4n) is 2.97. The van der Waals surface area contributed by atoms with Gasteiger partial charge in [-0.15, -0.1) is 0 Å². The first-order valence-electron chi connectivity index (χ1n) is 8.45. The number of benzene rings is 1. The Bertz CT molecular complexity index is 742. The molecule has 2 amide bonds. The molecule has 1 aliphatic heterocycles. The van der Waals surface area contributed by atoms with Gasteiger partial charge in [0, 0.05) is 39.0 Å². The number of rotatable bonds is 5. The van der Waals surface area contributed by atoms with E-state index in [1.807, 2.05) is 30.3 Å². The predicted molar refractivity (Wildman–Crippen MR) is 90.8 cm³/mol. The maximum Gasteiger partial charge on any atom is 0.254 e. The molecule has 7 nitrogen and oxygen atoms in total. The summed E-state index contributed by atoms with van der Waals surface area (Å²) in [6, 6.07) is 9.05. The molecular weight excluding hydrogens is 320 g/mol. The van der Waals surface area contributed by atoms with Crippen molar-refractivity contribution in [1.82, 2.24) is 19.9 Å². The monoisotopic (exact) mass is 342 g/mol. The van der Waals surface area contributed by atoms with Crippen molar-refractivity contribution < 1.29 is 14.1 Å². The molecule has 1 atom stereocenters. The molecule has 1 saturated heterocycles. The zero-order chi connectivity index (χ0) is 17.8. The van der Waals surface area contributed by atoms with E-state index in [1.54, 1.807) is 19.0 Å². The molecule has 0 spiro atoms. The van der Waals surface area contributed by atoms with Crippen molar-refractivity contribution in [3.05, 3.63) is 47.6 Å². The molecule has 2 aromatic rings. The molecule has 0 N–H and O–H groups in total. The van der Waals surface area contributed by atoms with Crippen molar-refractivity contribution in [1.29, 1.82) is 0 Å². The van der Waals surface area contributed by atoms with Crippen molar-refractivity contribution in [3.63, 3.8) is 0 Å². The van der Waals surface area contributed by atoms with Gasteiger partial charge in [0.1, 0.15) is 0 Å². The smallest absolute Gasteiger partial charge is 0.254 e. The highest BCUT2D eigenvalue weighted by atomic mass is 16.5. The van der Waals surface area contributed by atoms with Crippen LogP contribution in [0.1, 0.15) is 47.4 Å². The predicted octanol–water partition coefficient (Wildman–Crippen LogP) is 2.07. The number of aryl methyl sites for hydroxylation is 1. The van der Waals surface area contributed by atoms with Gasteiger partial charge in [-0.2, -0.15) is 4.98 Å². The Morgan fingerprint density at radius 1 is 1.28 bits per heavy atom. The molecule has 1 fully saturated rings. The first-order chi connectivity index (χ1) is 12.1. The molecule has 25 heavy (non-hydrogen) atoms. The molecule has 132 valence electrons. The lowest BCUT2D eigenvalue weighted by Crippen LogP contribution is -2.31. The van der Waals surface area contributed by atoms with Gasteiger partial charge in [0.05, 0.1) is 6.04 Å². The molecule has 2 heterocycles. The number of likely N-dealkylation sites (tertiary alicyclic amines) is 1. The third-order valence-electron chi connectivity index (χ3n) is 4.37. The van der Waals surface area contributed by atoms with Crippen LogP contribution in [-0.2, 0) is 11.2 Å². The SMILES string of the molecule is CN(C)C(=O)CCc1nc(C2CCCN2C(=O)c2ccccc2)no1. The first kappa shape index (κ1) is 17.1. The summed E-state index contributed by atoms with van der Waals surface area (Å²) >= 11 is 0. The summed E-state index contributed by atoms with van der Waals surface area (Å²) in [6.07, 6.45) is 2.45. The highest BCUT2D eigenvalue weighted by Gasteiger charge is 2.33. The standard InChI is InChI=1S/C18H22N4O3/c1-21(2)16(23)11-10-15-19-17(20-25-15)14-9-6-12-22(14)18(24)13-7-4-3-5-8-13/h3-5,7-8,14H,6,9-12H2,1-2H3. The van der Waals surface area contributed by atoms with E-state index in [0.717, 1.165) is 12.8 Å².